The summed E-state index contributed by atoms with van der Waals surface area (Å²) in [5, 5.41) is -3.08. The molecule has 0 spiro atoms. The summed E-state index contributed by atoms with van der Waals surface area (Å²) < 4.78 is 32.0. The minimum atomic E-state index is -3.70. The number of rotatable bonds is 7. The number of carbonyl (C=O) groups is 3. The minimum absolute atomic E-state index is 0. The van der Waals surface area contributed by atoms with E-state index in [4.69, 9.17) is 16.3 Å². The molecule has 2 heterocycles. The Kier molecular flexibility index (Phi) is 13.0. The van der Waals surface area contributed by atoms with Crippen molar-refractivity contribution in [3.05, 3.63) is 17.8 Å². The third-order valence-electron chi connectivity index (χ3n) is 3.89. The Morgan fingerprint density at radius 3 is 2.00 bits per heavy atom. The number of pyridine rings is 1. The van der Waals surface area contributed by atoms with Gasteiger partial charge in [0.1, 0.15) is 4.90 Å². The van der Waals surface area contributed by atoms with E-state index in [0.717, 1.165) is 6.54 Å². The summed E-state index contributed by atoms with van der Waals surface area (Å²) in [7, 11) is -3.70. The molecule has 0 aromatic carbocycles. The molecule has 0 bridgehead atoms. The van der Waals surface area contributed by atoms with Crippen molar-refractivity contribution < 1.29 is 27.5 Å². The average Bonchev–Trinajstić information content (AvgIpc) is 2.68. The van der Waals surface area contributed by atoms with E-state index in [0.29, 0.717) is 32.8 Å². The van der Waals surface area contributed by atoms with Crippen LogP contribution < -0.4 is 4.74 Å². The summed E-state index contributed by atoms with van der Waals surface area (Å²) in [5.74, 6) is 0.0438. The topological polar surface area (TPSA) is 114 Å². The number of carbonyl (C=O) groups excluding carboxylic acids is 3. The third-order valence-corrected chi connectivity index (χ3v) is 6.40. The molecule has 0 atom stereocenters. The van der Waals surface area contributed by atoms with Gasteiger partial charge in [-0.15, -0.1) is 12.4 Å². The van der Waals surface area contributed by atoms with Crippen LogP contribution in [0.25, 0.3) is 0 Å². The quantitative estimate of drug-likeness (QED) is 0.393. The molecular weight excluding hydrogens is 504 g/mol. The van der Waals surface area contributed by atoms with Crippen LogP contribution in [-0.4, -0.2) is 77.7 Å². The lowest BCUT2D eigenvalue weighted by Gasteiger charge is -2.33. The minimum Gasteiger partial charge on any atom is -0.477 e. The molecule has 0 radical (unpaired) electrons. The Morgan fingerprint density at radius 1 is 1.07 bits per heavy atom. The first-order valence-corrected chi connectivity index (χ1v) is 11.1. The van der Waals surface area contributed by atoms with E-state index in [1.165, 1.54) is 16.6 Å². The van der Waals surface area contributed by atoms with E-state index in [9.17, 15) is 22.8 Å². The van der Waals surface area contributed by atoms with E-state index in [1.807, 2.05) is 6.92 Å². The molecule has 1 aliphatic rings. The van der Waals surface area contributed by atoms with Crippen LogP contribution in [0, 0.1) is 0 Å². The van der Waals surface area contributed by atoms with Crippen LogP contribution in [0.3, 0.4) is 0 Å². The van der Waals surface area contributed by atoms with E-state index in [2.05, 4.69) is 33.1 Å². The maximum absolute atomic E-state index is 12.7. The van der Waals surface area contributed by atoms with Crippen molar-refractivity contribution in [1.29, 1.82) is 0 Å². The van der Waals surface area contributed by atoms with Gasteiger partial charge in [0.15, 0.2) is 0 Å². The fourth-order valence-corrected chi connectivity index (χ4v) is 3.93. The highest BCUT2D eigenvalue weighted by Crippen LogP contribution is 2.24. The van der Waals surface area contributed by atoms with Crippen LogP contribution in [0.2, 0.25) is 0 Å². The predicted molar refractivity (Wildman–Crippen MR) is 115 cm³/mol. The van der Waals surface area contributed by atoms with Gasteiger partial charge >= 0.3 is 10.5 Å². The van der Waals surface area contributed by atoms with Crippen LogP contribution in [0.4, 0.5) is 0 Å². The summed E-state index contributed by atoms with van der Waals surface area (Å²) in [5.41, 5.74) is -0.0400. The second-order valence-electron chi connectivity index (χ2n) is 5.62. The third kappa shape index (κ3) is 8.26. The highest BCUT2D eigenvalue weighted by molar-refractivity contribution is 7.89. The number of piperazine rings is 1. The molecule has 9 nitrogen and oxygen atoms in total. The van der Waals surface area contributed by atoms with Crippen molar-refractivity contribution in [1.82, 2.24) is 14.2 Å². The first-order valence-electron chi connectivity index (χ1n) is 8.49. The van der Waals surface area contributed by atoms with Gasteiger partial charge in [-0.05, 0) is 54.3 Å². The fourth-order valence-electron chi connectivity index (χ4n) is 2.40. The van der Waals surface area contributed by atoms with Gasteiger partial charge in [-0.25, -0.2) is 13.4 Å². The highest BCUT2D eigenvalue weighted by atomic mass is 35.5. The van der Waals surface area contributed by atoms with Crippen molar-refractivity contribution in [3.63, 3.8) is 0 Å². The normalized spacial score (nSPS) is 14.7. The molecule has 0 unspecified atom stereocenters. The van der Waals surface area contributed by atoms with Crippen molar-refractivity contribution in [3.8, 4) is 5.88 Å². The lowest BCUT2D eigenvalue weighted by atomic mass is 10.3. The molecule has 0 amide bonds. The summed E-state index contributed by atoms with van der Waals surface area (Å²) in [6, 6.07) is 1.23. The van der Waals surface area contributed by atoms with Gasteiger partial charge in [0, 0.05) is 26.2 Å². The zero-order valence-corrected chi connectivity index (χ0v) is 20.0. The molecule has 1 aliphatic heterocycles. The fraction of sp³-hybridized carbons (Fsp3) is 0.500. The molecule has 0 aliphatic carbocycles. The molecule has 170 valence electrons. The standard InChI is InChI=1S/C14H20ClN3O4S.C2Cl2O2.ClH/c1-3-17-5-7-18(8-6-17)23(20,21)11-9-12(13(15)19)14(16-10-11)22-4-2;3-1(5)2(4)6;/h9-10H,3-8H2,1-2H3;;1H. The molecule has 1 aromatic rings. The lowest BCUT2D eigenvalue weighted by molar-refractivity contribution is -0.127. The SMILES string of the molecule is CCOc1ncc(S(=O)(=O)N2CCN(CC)CC2)cc1C(=O)Cl.Cl.O=C(Cl)C(=O)Cl. The van der Waals surface area contributed by atoms with Crippen molar-refractivity contribution in [2.24, 2.45) is 0 Å². The van der Waals surface area contributed by atoms with E-state index in [1.54, 1.807) is 6.92 Å². The zero-order valence-electron chi connectivity index (χ0n) is 16.1. The summed E-state index contributed by atoms with van der Waals surface area (Å²) >= 11 is 14.5. The number of hydrogen-bond acceptors (Lipinski definition) is 8. The summed E-state index contributed by atoms with van der Waals surface area (Å²) in [4.78, 5) is 36.4. The number of sulfonamides is 1. The maximum Gasteiger partial charge on any atom is 0.304 e. The Balaban J connectivity index is 0.00000105. The van der Waals surface area contributed by atoms with Gasteiger partial charge < -0.3 is 9.64 Å². The van der Waals surface area contributed by atoms with Crippen LogP contribution in [0.5, 0.6) is 5.88 Å². The second kappa shape index (κ2) is 13.4. The Labute approximate surface area is 196 Å². The summed E-state index contributed by atoms with van der Waals surface area (Å²) in [6.45, 7) is 7.16. The number of ether oxygens (including phenoxy) is 1. The van der Waals surface area contributed by atoms with Crippen molar-refractivity contribution in [2.75, 3.05) is 39.3 Å². The van der Waals surface area contributed by atoms with E-state index >= 15 is 0 Å². The second-order valence-corrected chi connectivity index (χ2v) is 8.58. The van der Waals surface area contributed by atoms with Gasteiger partial charge in [0.05, 0.1) is 18.4 Å². The maximum atomic E-state index is 12.7. The van der Waals surface area contributed by atoms with Crippen molar-refractivity contribution in [2.45, 2.75) is 18.7 Å². The van der Waals surface area contributed by atoms with E-state index in [-0.39, 0.29) is 28.7 Å². The number of halogens is 4. The molecule has 1 saturated heterocycles. The van der Waals surface area contributed by atoms with Gasteiger partial charge in [-0.3, -0.25) is 14.4 Å². The first kappa shape index (κ1) is 29.0. The molecule has 0 N–H and O–H groups in total. The Bertz CT molecular complexity index is 849. The van der Waals surface area contributed by atoms with Gasteiger partial charge in [-0.1, -0.05) is 6.92 Å². The lowest BCUT2D eigenvalue weighted by Crippen LogP contribution is -2.48. The molecule has 14 heteroatoms. The van der Waals surface area contributed by atoms with Crippen LogP contribution in [0.1, 0.15) is 24.2 Å². The molecule has 0 saturated carbocycles. The largest absolute Gasteiger partial charge is 0.477 e. The number of likely N-dealkylation sites (N-methyl/N-ethyl adjacent to an activating group) is 1. The monoisotopic (exact) mass is 523 g/mol. The molecule has 30 heavy (non-hydrogen) atoms. The Morgan fingerprint density at radius 2 is 1.60 bits per heavy atom. The molecular formula is C16H21Cl4N3O6S. The van der Waals surface area contributed by atoms with E-state index < -0.39 is 25.8 Å². The van der Waals surface area contributed by atoms with Gasteiger partial charge in [0.2, 0.25) is 15.9 Å². The summed E-state index contributed by atoms with van der Waals surface area (Å²) in [6.07, 6.45) is 1.20. The number of aromatic nitrogens is 1. The molecule has 2 rings (SSSR count). The van der Waals surface area contributed by atoms with Gasteiger partial charge in [-0.2, -0.15) is 4.31 Å². The first-order chi connectivity index (χ1) is 13.5. The zero-order chi connectivity index (χ0) is 22.2. The molecule has 1 fully saturated rings. The smallest absolute Gasteiger partial charge is 0.304 e. The predicted octanol–water partition coefficient (Wildman–Crippen LogP) is 2.12. The van der Waals surface area contributed by atoms with Crippen molar-refractivity contribution >= 4 is 73.0 Å². The highest BCUT2D eigenvalue weighted by Gasteiger charge is 2.29. The average molecular weight is 525 g/mol. The number of nitrogens with zero attached hydrogens (tertiary/aromatic N) is 3. The van der Waals surface area contributed by atoms with Gasteiger partial charge in [0.25, 0.3) is 5.24 Å². The Hall–Kier alpha value is -1.01. The number of hydrogen-bond donors (Lipinski definition) is 0. The van der Waals surface area contributed by atoms with Crippen LogP contribution >= 0.6 is 47.2 Å². The molecule has 1 aromatic heterocycles. The van der Waals surface area contributed by atoms with Crippen LogP contribution in [0.15, 0.2) is 17.2 Å². The van der Waals surface area contributed by atoms with Crippen LogP contribution in [-0.2, 0) is 19.6 Å².